The smallest absolute Gasteiger partial charge is 0.394 e. The molecule has 0 radical (unpaired) electrons. The summed E-state index contributed by atoms with van der Waals surface area (Å²) in [5, 5.41) is 45.0. The third-order valence-corrected chi connectivity index (χ3v) is 16.3. The first-order valence-electron chi connectivity index (χ1n) is 32.6. The second-order valence-electron chi connectivity index (χ2n) is 23.1. The molecule has 0 bridgehead atoms. The molecule has 13 heteroatoms. The maximum atomic E-state index is 13.2. The number of aliphatic hydroxyl groups excluding tert-OH is 4. The minimum atomic E-state index is -5.09. The van der Waals surface area contributed by atoms with Crippen LogP contribution in [0.25, 0.3) is 0 Å². The van der Waals surface area contributed by atoms with Crippen LogP contribution in [0, 0.1) is 0 Å². The van der Waals surface area contributed by atoms with Crippen molar-refractivity contribution in [3.63, 3.8) is 0 Å². The van der Waals surface area contributed by atoms with Crippen molar-refractivity contribution in [3.05, 3.63) is 12.2 Å². The van der Waals surface area contributed by atoms with Crippen LogP contribution in [-0.2, 0) is 28.9 Å². The van der Waals surface area contributed by atoms with Gasteiger partial charge >= 0.3 is 10.4 Å². The highest BCUT2D eigenvalue weighted by molar-refractivity contribution is 7.80. The highest BCUT2D eigenvalue weighted by atomic mass is 32.3. The van der Waals surface area contributed by atoms with Crippen molar-refractivity contribution < 1.29 is 51.8 Å². The molecule has 0 aliphatic carbocycles. The number of rotatable bonds is 58. The summed E-state index contributed by atoms with van der Waals surface area (Å²) >= 11 is 0. The van der Waals surface area contributed by atoms with Gasteiger partial charge in [0.05, 0.1) is 25.4 Å². The number of carbonyl (C=O) groups excluding carboxylic acids is 1. The molecule has 6 N–H and O–H groups in total. The molecule has 1 aliphatic heterocycles. The van der Waals surface area contributed by atoms with Crippen LogP contribution >= 0.6 is 0 Å². The highest BCUT2D eigenvalue weighted by Crippen LogP contribution is 2.26. The molecule has 1 amide bonds. The zero-order chi connectivity index (χ0) is 55.4. The lowest BCUT2D eigenvalue weighted by Gasteiger charge is -2.41. The summed E-state index contributed by atoms with van der Waals surface area (Å²) in [5.74, 6) is -0.254. The molecule has 0 aromatic carbocycles. The summed E-state index contributed by atoms with van der Waals surface area (Å²) in [7, 11) is -5.09. The molecule has 7 atom stereocenters. The van der Waals surface area contributed by atoms with Gasteiger partial charge in [0.2, 0.25) is 5.91 Å². The number of ether oxygens (including phenoxy) is 2. The van der Waals surface area contributed by atoms with Gasteiger partial charge in [-0.3, -0.25) is 9.35 Å². The van der Waals surface area contributed by atoms with Gasteiger partial charge in [0.15, 0.2) is 6.29 Å². The summed E-state index contributed by atoms with van der Waals surface area (Å²) < 4.78 is 47.9. The second kappa shape index (κ2) is 53.2. The Hall–Kier alpha value is -1.16. The molecule has 7 unspecified atom stereocenters. The van der Waals surface area contributed by atoms with Crippen molar-refractivity contribution in [3.8, 4) is 0 Å². The van der Waals surface area contributed by atoms with Gasteiger partial charge in [0, 0.05) is 6.42 Å². The fourth-order valence-corrected chi connectivity index (χ4v) is 11.3. The molecular formula is C63H123NO11S. The number of allylic oxidation sites excluding steroid dienone is 1. The van der Waals surface area contributed by atoms with Crippen LogP contribution in [0.3, 0.4) is 0 Å². The Morgan fingerprint density at radius 3 is 1.14 bits per heavy atom. The average Bonchev–Trinajstić information content (AvgIpc) is 3.40. The van der Waals surface area contributed by atoms with E-state index in [1.165, 1.54) is 263 Å². The molecule has 0 aromatic heterocycles. The molecule has 0 spiro atoms. The summed E-state index contributed by atoms with van der Waals surface area (Å²) in [6, 6.07) is -0.940. The molecule has 12 nitrogen and oxygen atoms in total. The summed E-state index contributed by atoms with van der Waals surface area (Å²) in [4.78, 5) is 13.2. The van der Waals surface area contributed by atoms with E-state index >= 15 is 0 Å². The van der Waals surface area contributed by atoms with E-state index in [0.717, 1.165) is 38.5 Å². The Kier molecular flexibility index (Phi) is 51.0. The zero-order valence-electron chi connectivity index (χ0n) is 49.4. The molecule has 0 saturated carbocycles. The molecule has 452 valence electrons. The molecule has 1 aliphatic rings. The van der Waals surface area contributed by atoms with E-state index < -0.39 is 59.9 Å². The summed E-state index contributed by atoms with van der Waals surface area (Å²) in [5.41, 5.74) is 0. The van der Waals surface area contributed by atoms with Crippen molar-refractivity contribution in [2.24, 2.45) is 0 Å². The normalized spacial score (nSPS) is 19.0. The first-order chi connectivity index (χ1) is 37.0. The van der Waals surface area contributed by atoms with E-state index in [-0.39, 0.29) is 18.9 Å². The molecule has 1 fully saturated rings. The van der Waals surface area contributed by atoms with Crippen LogP contribution in [0.15, 0.2) is 12.2 Å². The van der Waals surface area contributed by atoms with Crippen LogP contribution in [0.1, 0.15) is 328 Å². The van der Waals surface area contributed by atoms with Gasteiger partial charge < -0.3 is 35.2 Å². The van der Waals surface area contributed by atoms with E-state index in [1.54, 1.807) is 6.08 Å². The van der Waals surface area contributed by atoms with Crippen molar-refractivity contribution in [2.75, 3.05) is 13.2 Å². The van der Waals surface area contributed by atoms with Gasteiger partial charge in [-0.05, 0) is 19.3 Å². The summed E-state index contributed by atoms with van der Waals surface area (Å²) in [6.45, 7) is 3.45. The third-order valence-electron chi connectivity index (χ3n) is 15.8. The monoisotopic (exact) mass is 1100 g/mol. The van der Waals surface area contributed by atoms with Crippen molar-refractivity contribution in [2.45, 2.75) is 371 Å². The van der Waals surface area contributed by atoms with Gasteiger partial charge in [-0.15, -0.1) is 0 Å². The SMILES string of the molecule is CCCCCCCCCCCCCCCCC/C=C/C(O)C(COC1OC(CO)C(O)C(OS(=O)(=O)O)C1O)NC(=O)CCCCCCCCCCCCCCCCCCCCCCCCCCCCCCCCCC. The number of nitrogens with one attached hydrogen (secondary N) is 1. The minimum Gasteiger partial charge on any atom is -0.394 e. The first kappa shape index (κ1) is 72.9. The fraction of sp³-hybridized carbons (Fsp3) is 0.952. The molecule has 1 saturated heterocycles. The molecule has 0 aromatic rings. The standard InChI is InChI=1S/C63H123NO11S/c1-3-5-7-9-11-13-15-17-19-21-22-23-24-25-26-27-28-29-30-31-32-33-34-35-37-39-41-43-45-47-49-51-53-59(67)64-56(55-73-63-61(69)62(75-76(70,71)72)60(68)58(54-65)74-63)57(66)52-50-48-46-44-42-40-38-36-20-18-16-14-12-10-8-6-4-2/h50,52,56-58,60-63,65-66,68-69H,3-49,51,53-55H2,1-2H3,(H,64,67)(H,70,71,72)/b52-50+. The molecular weight excluding hydrogens is 979 g/mol. The number of unbranched alkanes of at least 4 members (excludes halogenated alkanes) is 46. The van der Waals surface area contributed by atoms with Crippen molar-refractivity contribution >= 4 is 16.3 Å². The lowest BCUT2D eigenvalue weighted by Crippen LogP contribution is -2.61. The van der Waals surface area contributed by atoms with Gasteiger partial charge in [-0.2, -0.15) is 8.42 Å². The maximum Gasteiger partial charge on any atom is 0.397 e. The second-order valence-corrected chi connectivity index (χ2v) is 24.1. The quantitative estimate of drug-likeness (QED) is 0.0193. The predicted octanol–water partition coefficient (Wildman–Crippen LogP) is 16.2. The van der Waals surface area contributed by atoms with Crippen LogP contribution in [-0.4, -0.2) is 95.4 Å². The third kappa shape index (κ3) is 44.6. The Bertz CT molecular complexity index is 1390. The number of carbonyl (C=O) groups is 1. The fourth-order valence-electron chi connectivity index (χ4n) is 10.8. The van der Waals surface area contributed by atoms with E-state index in [9.17, 15) is 38.2 Å². The highest BCUT2D eigenvalue weighted by Gasteiger charge is 2.48. The topological polar surface area (TPSA) is 192 Å². The van der Waals surface area contributed by atoms with Gasteiger partial charge in [-0.1, -0.05) is 315 Å². The lowest BCUT2D eigenvalue weighted by molar-refractivity contribution is -0.298. The molecule has 1 rings (SSSR count). The molecule has 76 heavy (non-hydrogen) atoms. The lowest BCUT2D eigenvalue weighted by atomic mass is 9.99. The number of amides is 1. The van der Waals surface area contributed by atoms with Gasteiger partial charge in [-0.25, -0.2) is 4.18 Å². The van der Waals surface area contributed by atoms with Gasteiger partial charge in [0.25, 0.3) is 0 Å². The van der Waals surface area contributed by atoms with E-state index in [1.807, 2.05) is 6.08 Å². The largest absolute Gasteiger partial charge is 0.397 e. The molecule has 1 heterocycles. The van der Waals surface area contributed by atoms with Crippen LogP contribution in [0.5, 0.6) is 0 Å². The van der Waals surface area contributed by atoms with Crippen LogP contribution in [0.2, 0.25) is 0 Å². The Morgan fingerprint density at radius 2 is 0.829 bits per heavy atom. The Labute approximate surface area is 468 Å². The van der Waals surface area contributed by atoms with Gasteiger partial charge in [0.1, 0.15) is 24.4 Å². The average molecular weight is 1100 g/mol. The zero-order valence-corrected chi connectivity index (χ0v) is 50.2. The summed E-state index contributed by atoms with van der Waals surface area (Å²) in [6.07, 6.45) is 57.1. The van der Waals surface area contributed by atoms with Crippen LogP contribution < -0.4 is 5.32 Å². The van der Waals surface area contributed by atoms with Crippen molar-refractivity contribution in [1.82, 2.24) is 5.32 Å². The van der Waals surface area contributed by atoms with Crippen molar-refractivity contribution in [1.29, 1.82) is 0 Å². The van der Waals surface area contributed by atoms with E-state index in [4.69, 9.17) is 9.47 Å². The minimum absolute atomic E-state index is 0.254. The predicted molar refractivity (Wildman–Crippen MR) is 315 cm³/mol. The maximum absolute atomic E-state index is 13.2. The number of hydrogen-bond acceptors (Lipinski definition) is 10. The van der Waals surface area contributed by atoms with Crippen LogP contribution in [0.4, 0.5) is 0 Å². The number of hydrogen-bond donors (Lipinski definition) is 6. The Balaban J connectivity index is 2.23. The van der Waals surface area contributed by atoms with E-state index in [0.29, 0.717) is 6.42 Å². The first-order valence-corrected chi connectivity index (χ1v) is 33.9. The number of aliphatic hydroxyl groups is 4. The Morgan fingerprint density at radius 1 is 0.513 bits per heavy atom. The van der Waals surface area contributed by atoms with E-state index in [2.05, 4.69) is 23.3 Å².